The number of hydrogen-bond donors (Lipinski definition) is 2. The third-order valence-electron chi connectivity index (χ3n) is 1.10. The van der Waals surface area contributed by atoms with Gasteiger partial charge in [-0.1, -0.05) is 0 Å². The van der Waals surface area contributed by atoms with Crippen LogP contribution in [0.4, 0.5) is 0 Å². The summed E-state index contributed by atoms with van der Waals surface area (Å²) in [6, 6.07) is 2.88. The summed E-state index contributed by atoms with van der Waals surface area (Å²) in [7, 11) is -2.43. The van der Waals surface area contributed by atoms with Crippen LogP contribution in [0.3, 0.4) is 0 Å². The molecule has 1 rings (SSSR count). The predicted molar refractivity (Wildman–Crippen MR) is 39.9 cm³/mol. The zero-order valence-corrected chi connectivity index (χ0v) is 6.49. The van der Waals surface area contributed by atoms with Crippen LogP contribution in [0.15, 0.2) is 18.3 Å². The molecule has 5 heteroatoms. The van der Waals surface area contributed by atoms with Gasteiger partial charge in [0.15, 0.2) is 0 Å². The number of thiol groups is 1. The van der Waals surface area contributed by atoms with Gasteiger partial charge in [-0.2, -0.15) is 0 Å². The van der Waals surface area contributed by atoms with Crippen LogP contribution in [0, 0.1) is 0 Å². The molecular formula is C6H7NO3S. The summed E-state index contributed by atoms with van der Waals surface area (Å²) in [6.45, 7) is 0. The van der Waals surface area contributed by atoms with Crippen LogP contribution < -0.4 is 0 Å². The van der Waals surface area contributed by atoms with Gasteiger partial charge in [-0.15, -0.1) is 0 Å². The molecule has 1 aromatic heterocycles. The van der Waals surface area contributed by atoms with Crippen molar-refractivity contribution in [2.45, 2.75) is 5.75 Å². The van der Waals surface area contributed by atoms with Crippen LogP contribution in [0.25, 0.3) is 0 Å². The first-order valence-corrected chi connectivity index (χ1v) is 4.30. The standard InChI is InChI=1S/C6H7NO3S/c8-6-2-1-5(7-3-6)4-11(9)10/h1-3,8,11H,4H2. The van der Waals surface area contributed by atoms with E-state index >= 15 is 0 Å². The second-order valence-electron chi connectivity index (χ2n) is 2.00. The molecule has 0 fully saturated rings. The summed E-state index contributed by atoms with van der Waals surface area (Å²) in [5.74, 6) is -0.0369. The molecule has 0 amide bonds. The third-order valence-corrected chi connectivity index (χ3v) is 1.68. The van der Waals surface area contributed by atoms with Gasteiger partial charge in [-0.05, 0) is 12.1 Å². The maximum absolute atomic E-state index is 10.2. The Balaban J connectivity index is 2.82. The van der Waals surface area contributed by atoms with Crippen LogP contribution in [0.5, 0.6) is 5.75 Å². The Kier molecular flexibility index (Phi) is 2.43. The first-order valence-electron chi connectivity index (χ1n) is 2.94. The zero-order valence-electron chi connectivity index (χ0n) is 5.60. The van der Waals surface area contributed by atoms with Crippen LogP contribution in [-0.2, 0) is 16.5 Å². The van der Waals surface area contributed by atoms with Crippen molar-refractivity contribution in [1.82, 2.24) is 4.98 Å². The predicted octanol–water partition coefficient (Wildman–Crippen LogP) is -0.101. The number of pyridine rings is 1. The maximum Gasteiger partial charge on any atom is 0.145 e. The third kappa shape index (κ3) is 2.55. The highest BCUT2D eigenvalue weighted by molar-refractivity contribution is 7.71. The first kappa shape index (κ1) is 8.00. The van der Waals surface area contributed by atoms with E-state index in [2.05, 4.69) is 4.98 Å². The first-order chi connectivity index (χ1) is 5.18. The van der Waals surface area contributed by atoms with Gasteiger partial charge in [0.1, 0.15) is 16.5 Å². The summed E-state index contributed by atoms with van der Waals surface area (Å²) >= 11 is 0. The molecule has 0 atom stereocenters. The molecule has 0 aliphatic carbocycles. The quantitative estimate of drug-likeness (QED) is 0.613. The Morgan fingerprint density at radius 2 is 2.18 bits per heavy atom. The van der Waals surface area contributed by atoms with E-state index in [1.807, 2.05) is 0 Å². The van der Waals surface area contributed by atoms with Gasteiger partial charge < -0.3 is 5.11 Å². The molecular weight excluding hydrogens is 166 g/mol. The maximum atomic E-state index is 10.2. The van der Waals surface area contributed by atoms with E-state index in [4.69, 9.17) is 5.11 Å². The highest BCUT2D eigenvalue weighted by atomic mass is 32.2. The van der Waals surface area contributed by atoms with Crippen molar-refractivity contribution in [2.75, 3.05) is 0 Å². The summed E-state index contributed by atoms with van der Waals surface area (Å²) in [5, 5.41) is 8.78. The summed E-state index contributed by atoms with van der Waals surface area (Å²) in [4.78, 5) is 3.68. The number of aromatic hydroxyl groups is 1. The fourth-order valence-electron chi connectivity index (χ4n) is 0.642. The molecule has 4 nitrogen and oxygen atoms in total. The average Bonchev–Trinajstić information content (AvgIpc) is 1.93. The Labute approximate surface area is 65.5 Å². The van der Waals surface area contributed by atoms with Crippen molar-refractivity contribution in [3.63, 3.8) is 0 Å². The van der Waals surface area contributed by atoms with Crippen molar-refractivity contribution in [1.29, 1.82) is 0 Å². The minimum atomic E-state index is -2.43. The molecule has 1 N–H and O–H groups in total. The van der Waals surface area contributed by atoms with Crippen molar-refractivity contribution in [3.8, 4) is 5.75 Å². The minimum Gasteiger partial charge on any atom is -0.506 e. The molecule has 60 valence electrons. The number of rotatable bonds is 2. The number of hydrogen-bond acceptors (Lipinski definition) is 4. The monoisotopic (exact) mass is 173 g/mol. The molecule has 0 saturated heterocycles. The van der Waals surface area contributed by atoms with Crippen molar-refractivity contribution < 1.29 is 13.5 Å². The molecule has 0 aliphatic heterocycles. The molecule has 1 aromatic rings. The molecule has 0 aliphatic rings. The van der Waals surface area contributed by atoms with E-state index in [1.165, 1.54) is 18.3 Å². The zero-order chi connectivity index (χ0) is 8.27. The van der Waals surface area contributed by atoms with Crippen molar-refractivity contribution in [3.05, 3.63) is 24.0 Å². The fraction of sp³-hybridized carbons (Fsp3) is 0.167. The Hall–Kier alpha value is -1.10. The van der Waals surface area contributed by atoms with Crippen molar-refractivity contribution in [2.24, 2.45) is 0 Å². The molecule has 0 bridgehead atoms. The minimum absolute atomic E-state index is 0.0369. The van der Waals surface area contributed by atoms with E-state index in [0.29, 0.717) is 5.69 Å². The highest BCUT2D eigenvalue weighted by Crippen LogP contribution is 2.05. The SMILES string of the molecule is O=[SH](=O)Cc1ccc(O)cn1. The van der Waals surface area contributed by atoms with Crippen molar-refractivity contribution >= 4 is 10.7 Å². The lowest BCUT2D eigenvalue weighted by Gasteiger charge is -1.92. The van der Waals surface area contributed by atoms with Crippen LogP contribution in [0.1, 0.15) is 5.69 Å². The lowest BCUT2D eigenvalue weighted by molar-refractivity contribution is 0.472. The number of aromatic nitrogens is 1. The van der Waals surface area contributed by atoms with Gasteiger partial charge in [-0.3, -0.25) is 4.98 Å². The summed E-state index contributed by atoms with van der Waals surface area (Å²) in [5.41, 5.74) is 0.443. The van der Waals surface area contributed by atoms with Gasteiger partial charge >= 0.3 is 0 Å². The van der Waals surface area contributed by atoms with Gasteiger partial charge in [-0.25, -0.2) is 8.42 Å². The van der Waals surface area contributed by atoms with Gasteiger partial charge in [0.25, 0.3) is 0 Å². The van der Waals surface area contributed by atoms with Crippen LogP contribution in [-0.4, -0.2) is 18.5 Å². The largest absolute Gasteiger partial charge is 0.506 e. The highest BCUT2D eigenvalue weighted by Gasteiger charge is 1.94. The topological polar surface area (TPSA) is 67.3 Å². The molecule has 11 heavy (non-hydrogen) atoms. The molecule has 0 radical (unpaired) electrons. The van der Waals surface area contributed by atoms with Gasteiger partial charge in [0.05, 0.1) is 17.6 Å². The van der Waals surface area contributed by atoms with E-state index in [1.54, 1.807) is 0 Å². The smallest absolute Gasteiger partial charge is 0.145 e. The van der Waals surface area contributed by atoms with Crippen LogP contribution >= 0.6 is 0 Å². The van der Waals surface area contributed by atoms with E-state index < -0.39 is 10.7 Å². The lowest BCUT2D eigenvalue weighted by Crippen LogP contribution is -1.89. The molecule has 0 unspecified atom stereocenters. The second-order valence-corrected chi connectivity index (χ2v) is 2.98. The Bertz CT molecular complexity index is 296. The summed E-state index contributed by atoms with van der Waals surface area (Å²) in [6.07, 6.45) is 1.22. The lowest BCUT2D eigenvalue weighted by atomic mass is 10.4. The molecule has 0 spiro atoms. The van der Waals surface area contributed by atoms with E-state index in [9.17, 15) is 8.42 Å². The second kappa shape index (κ2) is 3.34. The number of nitrogens with zero attached hydrogens (tertiary/aromatic N) is 1. The Morgan fingerprint density at radius 3 is 2.64 bits per heavy atom. The van der Waals surface area contributed by atoms with E-state index in [0.717, 1.165) is 0 Å². The average molecular weight is 173 g/mol. The Morgan fingerprint density at radius 1 is 1.45 bits per heavy atom. The van der Waals surface area contributed by atoms with E-state index in [-0.39, 0.29) is 11.5 Å². The fourth-order valence-corrected chi connectivity index (χ4v) is 1.09. The molecule has 1 heterocycles. The van der Waals surface area contributed by atoms with Gasteiger partial charge in [0, 0.05) is 0 Å². The molecule has 0 aromatic carbocycles. The normalized spacial score (nSPS) is 10.3. The van der Waals surface area contributed by atoms with Gasteiger partial charge in [0.2, 0.25) is 0 Å². The summed E-state index contributed by atoms with van der Waals surface area (Å²) < 4.78 is 20.4. The van der Waals surface area contributed by atoms with Crippen LogP contribution in [0.2, 0.25) is 0 Å². The molecule has 0 saturated carbocycles.